The van der Waals surface area contributed by atoms with E-state index in [1.807, 2.05) is 6.92 Å². The first-order valence-corrected chi connectivity index (χ1v) is 12.3. The third-order valence-electron chi connectivity index (χ3n) is 6.22. The summed E-state index contributed by atoms with van der Waals surface area (Å²) in [6, 6.07) is 1.37. The number of rotatable bonds is 6. The third kappa shape index (κ3) is 5.27. The van der Waals surface area contributed by atoms with Crippen molar-refractivity contribution in [1.82, 2.24) is 19.4 Å². The molecule has 2 aliphatic rings. The van der Waals surface area contributed by atoms with Crippen LogP contribution in [0.4, 0.5) is 0 Å². The molecule has 0 aliphatic carbocycles. The zero-order valence-corrected chi connectivity index (χ0v) is 20.0. The van der Waals surface area contributed by atoms with Crippen molar-refractivity contribution in [3.63, 3.8) is 0 Å². The lowest BCUT2D eigenvalue weighted by Crippen LogP contribution is -2.34. The van der Waals surface area contributed by atoms with Gasteiger partial charge in [-0.25, -0.2) is 9.78 Å². The second-order valence-corrected chi connectivity index (χ2v) is 9.42. The molecule has 0 unspecified atom stereocenters. The number of fused-ring (bicyclic) bond motifs is 1. The molecule has 0 saturated carbocycles. The summed E-state index contributed by atoms with van der Waals surface area (Å²) in [5, 5.41) is 2.57. The Bertz CT molecular complexity index is 1070. The second kappa shape index (κ2) is 10.5. The van der Waals surface area contributed by atoms with Crippen molar-refractivity contribution < 1.29 is 19.1 Å². The average Bonchev–Trinajstić information content (AvgIpc) is 3.13. The topological polar surface area (TPSA) is 94.0 Å². The van der Waals surface area contributed by atoms with Crippen LogP contribution in [-0.2, 0) is 17.7 Å². The monoisotopic (exact) mass is 474 g/mol. The van der Waals surface area contributed by atoms with Gasteiger partial charge in [0, 0.05) is 49.7 Å². The molecular formula is C23H30N4O5S. The lowest BCUT2D eigenvalue weighted by molar-refractivity contribution is 0.0592. The number of piperidine rings is 1. The van der Waals surface area contributed by atoms with Crippen LogP contribution in [0.3, 0.4) is 0 Å². The number of carbonyl (C=O) groups excluding carboxylic acids is 2. The number of esters is 1. The standard InChI is InChI=1S/C23H30N4O5S/c1-16-24-17(15-33-16)22(29)26-9-6-18-21(23(30)31-2)19(14-20(28)27(18)11-10-26)32-13-12-25-7-4-3-5-8-25/h14-15H,3-13H2,1-2H3. The van der Waals surface area contributed by atoms with E-state index in [0.29, 0.717) is 44.0 Å². The summed E-state index contributed by atoms with van der Waals surface area (Å²) in [7, 11) is 1.32. The van der Waals surface area contributed by atoms with E-state index >= 15 is 0 Å². The second-order valence-electron chi connectivity index (χ2n) is 8.36. The molecule has 0 spiro atoms. The maximum Gasteiger partial charge on any atom is 0.343 e. The minimum atomic E-state index is -0.540. The molecule has 2 aromatic heterocycles. The molecule has 0 N–H and O–H groups in total. The summed E-state index contributed by atoms with van der Waals surface area (Å²) >= 11 is 1.43. The smallest absolute Gasteiger partial charge is 0.343 e. The molecule has 1 saturated heterocycles. The Labute approximate surface area is 196 Å². The van der Waals surface area contributed by atoms with E-state index in [0.717, 1.165) is 24.6 Å². The first-order valence-electron chi connectivity index (χ1n) is 11.4. The summed E-state index contributed by atoms with van der Waals surface area (Å²) in [5.41, 5.74) is 0.983. The van der Waals surface area contributed by atoms with Gasteiger partial charge in [-0.05, 0) is 32.9 Å². The van der Waals surface area contributed by atoms with Gasteiger partial charge in [-0.2, -0.15) is 0 Å². The van der Waals surface area contributed by atoms with Crippen LogP contribution in [0.2, 0.25) is 0 Å². The van der Waals surface area contributed by atoms with Crippen molar-refractivity contribution in [2.45, 2.75) is 39.2 Å². The van der Waals surface area contributed by atoms with Crippen LogP contribution >= 0.6 is 11.3 Å². The van der Waals surface area contributed by atoms with Crippen molar-refractivity contribution in [1.29, 1.82) is 0 Å². The van der Waals surface area contributed by atoms with E-state index in [2.05, 4.69) is 9.88 Å². The van der Waals surface area contributed by atoms with E-state index in [1.54, 1.807) is 14.8 Å². The van der Waals surface area contributed by atoms with E-state index < -0.39 is 5.97 Å². The van der Waals surface area contributed by atoms with Crippen LogP contribution in [0.5, 0.6) is 5.75 Å². The number of methoxy groups -OCH3 is 1. The Hall–Kier alpha value is -2.72. The molecule has 10 heteroatoms. The number of thiazole rings is 1. The lowest BCUT2D eigenvalue weighted by Gasteiger charge is -2.26. The molecular weight excluding hydrogens is 444 g/mol. The first-order chi connectivity index (χ1) is 16.0. The number of carbonyl (C=O) groups is 2. The zero-order chi connectivity index (χ0) is 23.4. The quantitative estimate of drug-likeness (QED) is 0.591. The predicted molar refractivity (Wildman–Crippen MR) is 124 cm³/mol. The Balaban J connectivity index is 1.55. The van der Waals surface area contributed by atoms with Crippen LogP contribution in [0.1, 0.15) is 50.8 Å². The lowest BCUT2D eigenvalue weighted by atomic mass is 10.1. The SMILES string of the molecule is COC(=O)c1c(OCCN2CCCCC2)cc(=O)n2c1CCN(C(=O)c1csc(C)n1)CC2. The third-order valence-corrected chi connectivity index (χ3v) is 7.00. The molecule has 9 nitrogen and oxygen atoms in total. The summed E-state index contributed by atoms with van der Waals surface area (Å²) in [4.78, 5) is 46.8. The van der Waals surface area contributed by atoms with Crippen molar-refractivity contribution in [3.05, 3.63) is 43.8 Å². The number of pyridine rings is 1. The van der Waals surface area contributed by atoms with Gasteiger partial charge in [0.2, 0.25) is 0 Å². The van der Waals surface area contributed by atoms with Gasteiger partial charge in [-0.3, -0.25) is 14.5 Å². The normalized spacial score (nSPS) is 16.7. The molecule has 0 radical (unpaired) electrons. The van der Waals surface area contributed by atoms with Gasteiger partial charge in [-0.15, -0.1) is 11.3 Å². The molecule has 2 aromatic rings. The molecule has 0 bridgehead atoms. The van der Waals surface area contributed by atoms with E-state index in [1.165, 1.54) is 43.8 Å². The van der Waals surface area contributed by atoms with E-state index in [9.17, 15) is 14.4 Å². The summed E-state index contributed by atoms with van der Waals surface area (Å²) < 4.78 is 12.5. The number of aromatic nitrogens is 2. The fourth-order valence-electron chi connectivity index (χ4n) is 4.48. The van der Waals surface area contributed by atoms with Crippen molar-refractivity contribution >= 4 is 23.2 Å². The minimum absolute atomic E-state index is 0.169. The molecule has 2 aliphatic heterocycles. The number of hydrogen-bond donors (Lipinski definition) is 0. The van der Waals surface area contributed by atoms with Crippen LogP contribution in [0.15, 0.2) is 16.2 Å². The maximum atomic E-state index is 12.9. The van der Waals surface area contributed by atoms with E-state index in [-0.39, 0.29) is 22.8 Å². The molecule has 0 atom stereocenters. The highest BCUT2D eigenvalue weighted by Gasteiger charge is 2.28. The van der Waals surface area contributed by atoms with Crippen molar-refractivity contribution in [3.8, 4) is 5.75 Å². The van der Waals surface area contributed by atoms with Crippen molar-refractivity contribution in [2.75, 3.05) is 46.4 Å². The molecule has 4 heterocycles. The van der Waals surface area contributed by atoms with Gasteiger partial charge in [0.05, 0.1) is 12.1 Å². The van der Waals surface area contributed by atoms with Crippen molar-refractivity contribution in [2.24, 2.45) is 0 Å². The Morgan fingerprint density at radius 3 is 2.61 bits per heavy atom. The Morgan fingerprint density at radius 1 is 1.12 bits per heavy atom. The van der Waals surface area contributed by atoms with Crippen LogP contribution in [0.25, 0.3) is 0 Å². The van der Waals surface area contributed by atoms with Crippen LogP contribution < -0.4 is 10.3 Å². The van der Waals surface area contributed by atoms with Gasteiger partial charge < -0.3 is 18.9 Å². The van der Waals surface area contributed by atoms with E-state index in [4.69, 9.17) is 9.47 Å². The molecule has 1 fully saturated rings. The molecule has 0 aromatic carbocycles. The number of hydrogen-bond acceptors (Lipinski definition) is 8. The maximum absolute atomic E-state index is 12.9. The number of nitrogens with zero attached hydrogens (tertiary/aromatic N) is 4. The summed E-state index contributed by atoms with van der Waals surface area (Å²) in [6.07, 6.45) is 3.97. The number of amides is 1. The molecule has 1 amide bonds. The van der Waals surface area contributed by atoms with Gasteiger partial charge in [-0.1, -0.05) is 6.42 Å². The minimum Gasteiger partial charge on any atom is -0.491 e. The largest absolute Gasteiger partial charge is 0.491 e. The predicted octanol–water partition coefficient (Wildman–Crippen LogP) is 1.96. The fraction of sp³-hybridized carbons (Fsp3) is 0.565. The van der Waals surface area contributed by atoms with Gasteiger partial charge in [0.15, 0.2) is 0 Å². The molecule has 4 rings (SSSR count). The number of likely N-dealkylation sites (tertiary alicyclic amines) is 1. The highest BCUT2D eigenvalue weighted by molar-refractivity contribution is 7.09. The average molecular weight is 475 g/mol. The highest BCUT2D eigenvalue weighted by Crippen LogP contribution is 2.25. The summed E-state index contributed by atoms with van der Waals surface area (Å²) in [5.74, 6) is -0.454. The van der Waals surface area contributed by atoms with Gasteiger partial charge in [0.25, 0.3) is 11.5 Å². The molecule has 178 valence electrons. The highest BCUT2D eigenvalue weighted by atomic mass is 32.1. The fourth-order valence-corrected chi connectivity index (χ4v) is 5.07. The summed E-state index contributed by atoms with van der Waals surface area (Å²) in [6.45, 7) is 6.10. The number of ether oxygens (including phenoxy) is 2. The first kappa shape index (κ1) is 23.4. The van der Waals surface area contributed by atoms with Gasteiger partial charge in [0.1, 0.15) is 23.6 Å². The zero-order valence-electron chi connectivity index (χ0n) is 19.2. The molecule has 33 heavy (non-hydrogen) atoms. The Morgan fingerprint density at radius 2 is 1.91 bits per heavy atom. The number of aryl methyl sites for hydroxylation is 1. The van der Waals surface area contributed by atoms with Crippen LogP contribution in [0, 0.1) is 6.92 Å². The van der Waals surface area contributed by atoms with Gasteiger partial charge >= 0.3 is 5.97 Å². The Kier molecular flexibility index (Phi) is 7.44. The van der Waals surface area contributed by atoms with Crippen LogP contribution in [-0.4, -0.2) is 77.7 Å².